The lowest BCUT2D eigenvalue weighted by atomic mass is 9.78. The molecule has 12 nitrogen and oxygen atoms in total. The van der Waals surface area contributed by atoms with E-state index in [4.69, 9.17) is 18.9 Å². The van der Waals surface area contributed by atoms with Crippen molar-refractivity contribution in [3.05, 3.63) is 202 Å². The minimum Gasteiger partial charge on any atom is -0.497 e. The average molecular weight is 851 g/mol. The molecule has 0 aromatic heterocycles. The molecule has 1 heterocycles. The van der Waals surface area contributed by atoms with Crippen molar-refractivity contribution in [2.45, 2.75) is 19.3 Å². The van der Waals surface area contributed by atoms with Gasteiger partial charge in [0.1, 0.15) is 40.8 Å². The molecule has 1 N–H and O–H groups in total. The van der Waals surface area contributed by atoms with Gasteiger partial charge in [0.25, 0.3) is 17.7 Å². The highest BCUT2D eigenvalue weighted by Gasteiger charge is 2.37. The highest BCUT2D eigenvalue weighted by molar-refractivity contribution is 6.34. The Bertz CT molecular complexity index is 2960. The van der Waals surface area contributed by atoms with Crippen LogP contribution in [0.15, 0.2) is 158 Å². The Hall–Kier alpha value is -8.64. The number of nitrogens with zero attached hydrogens (tertiary/aromatic N) is 1. The Kier molecular flexibility index (Phi) is 11.7. The van der Waals surface area contributed by atoms with Crippen LogP contribution in [0.1, 0.15) is 87.1 Å². The molecular weight excluding hydrogens is 813 g/mol. The van der Waals surface area contributed by atoms with Gasteiger partial charge >= 0.3 is 5.97 Å². The van der Waals surface area contributed by atoms with Crippen molar-refractivity contribution in [1.82, 2.24) is 0 Å². The molecule has 1 aliphatic heterocycles. The number of carbonyl (C=O) groups is 6. The first-order chi connectivity index (χ1) is 30.9. The minimum atomic E-state index is -0.635. The van der Waals surface area contributed by atoms with Gasteiger partial charge in [-0.15, -0.1) is 0 Å². The van der Waals surface area contributed by atoms with E-state index in [0.717, 1.165) is 16.0 Å². The maximum Gasteiger partial charge on any atom is 0.343 e. The molecule has 0 saturated carbocycles. The molecule has 316 valence electrons. The van der Waals surface area contributed by atoms with Crippen molar-refractivity contribution in [2.75, 3.05) is 17.3 Å². The average Bonchev–Trinajstić information content (AvgIpc) is 3.56. The van der Waals surface area contributed by atoms with Gasteiger partial charge in [0.15, 0.2) is 6.29 Å². The Morgan fingerprint density at radius 1 is 0.578 bits per heavy atom. The zero-order valence-corrected chi connectivity index (χ0v) is 34.7. The standard InChI is InChI=1S/C52H38N2O10/c1-52(2,36-16-20-40(21-17-36)63-44-23-25-46-47(29-44)50(59)54(49(46)58)38-7-5-8-41(28-38)61-3)35-14-18-39(19-15-35)62-43-22-24-45(34(26-43)31-56)48(57)53-37-6-4-9-42(27-37)64-51(60)33-12-10-32(30-55)11-13-33/h4-31H,1-3H3,(H,53,57). The molecule has 0 spiro atoms. The molecule has 8 rings (SSSR count). The van der Waals surface area contributed by atoms with Gasteiger partial charge in [-0.05, 0) is 108 Å². The molecule has 0 unspecified atom stereocenters. The second-order valence-corrected chi connectivity index (χ2v) is 15.2. The number of nitrogens with one attached hydrogen (secondary N) is 1. The number of benzene rings is 7. The lowest BCUT2D eigenvalue weighted by molar-refractivity contribution is 0.0733. The second kappa shape index (κ2) is 17.8. The highest BCUT2D eigenvalue weighted by atomic mass is 16.5. The summed E-state index contributed by atoms with van der Waals surface area (Å²) in [7, 11) is 1.52. The molecule has 12 heteroatoms. The second-order valence-electron chi connectivity index (χ2n) is 15.2. The summed E-state index contributed by atoms with van der Waals surface area (Å²) in [6, 6.07) is 43.6. The van der Waals surface area contributed by atoms with E-state index >= 15 is 0 Å². The van der Waals surface area contributed by atoms with Crippen LogP contribution in [0.2, 0.25) is 0 Å². The third-order valence-electron chi connectivity index (χ3n) is 10.8. The SMILES string of the molecule is COc1cccc(N2C(=O)c3ccc(Oc4ccc(C(C)(C)c5ccc(Oc6ccc(C(=O)Nc7cccc(OC(=O)c8ccc(C=O)cc8)c7)c(C=O)c6)cc5)cc4)cc3C2=O)c1. The van der Waals surface area contributed by atoms with Gasteiger partial charge < -0.3 is 24.3 Å². The zero-order valence-electron chi connectivity index (χ0n) is 34.7. The van der Waals surface area contributed by atoms with Crippen LogP contribution in [-0.4, -0.2) is 43.4 Å². The number of anilines is 2. The lowest BCUT2D eigenvalue weighted by Crippen LogP contribution is -2.29. The smallest absolute Gasteiger partial charge is 0.343 e. The molecule has 0 radical (unpaired) electrons. The molecular formula is C52H38N2O10. The number of imide groups is 1. The molecule has 7 aromatic rings. The van der Waals surface area contributed by atoms with Gasteiger partial charge in [0.2, 0.25) is 0 Å². The Balaban J connectivity index is 0.884. The number of rotatable bonds is 14. The van der Waals surface area contributed by atoms with Crippen LogP contribution in [0.4, 0.5) is 11.4 Å². The predicted molar refractivity (Wildman–Crippen MR) is 239 cm³/mol. The van der Waals surface area contributed by atoms with Gasteiger partial charge in [0.05, 0.1) is 35.1 Å². The summed E-state index contributed by atoms with van der Waals surface area (Å²) in [6.07, 6.45) is 1.25. The van der Waals surface area contributed by atoms with Gasteiger partial charge in [-0.25, -0.2) is 9.69 Å². The number of hydrogen-bond acceptors (Lipinski definition) is 10. The minimum absolute atomic E-state index is 0.109. The number of methoxy groups -OCH3 is 1. The number of esters is 1. The van der Waals surface area contributed by atoms with E-state index in [2.05, 4.69) is 19.2 Å². The molecule has 1 aliphatic rings. The maximum absolute atomic E-state index is 13.4. The lowest BCUT2D eigenvalue weighted by Gasteiger charge is -2.26. The fraction of sp³-hybridized carbons (Fsp3) is 0.0769. The van der Waals surface area contributed by atoms with E-state index in [1.165, 1.54) is 49.6 Å². The fourth-order valence-electron chi connectivity index (χ4n) is 7.19. The van der Waals surface area contributed by atoms with Crippen LogP contribution in [-0.2, 0) is 5.41 Å². The molecule has 0 fully saturated rings. The van der Waals surface area contributed by atoms with Gasteiger partial charge in [-0.3, -0.25) is 24.0 Å². The Morgan fingerprint density at radius 3 is 1.81 bits per heavy atom. The zero-order chi connectivity index (χ0) is 45.0. The predicted octanol–water partition coefficient (Wildman–Crippen LogP) is 10.5. The van der Waals surface area contributed by atoms with Crippen molar-refractivity contribution in [2.24, 2.45) is 0 Å². The van der Waals surface area contributed by atoms with Crippen molar-refractivity contribution in [1.29, 1.82) is 0 Å². The summed E-state index contributed by atoms with van der Waals surface area (Å²) < 4.78 is 22.9. The number of aldehydes is 2. The van der Waals surface area contributed by atoms with Gasteiger partial charge in [-0.1, -0.05) is 62.4 Å². The van der Waals surface area contributed by atoms with Crippen LogP contribution in [0.3, 0.4) is 0 Å². The van der Waals surface area contributed by atoms with Crippen LogP contribution in [0.25, 0.3) is 0 Å². The third-order valence-corrected chi connectivity index (χ3v) is 10.8. The van der Waals surface area contributed by atoms with Crippen molar-refractivity contribution >= 4 is 47.6 Å². The van der Waals surface area contributed by atoms with Crippen molar-refractivity contribution in [3.8, 4) is 34.5 Å². The van der Waals surface area contributed by atoms with Crippen LogP contribution >= 0.6 is 0 Å². The van der Waals surface area contributed by atoms with E-state index < -0.39 is 29.1 Å². The van der Waals surface area contributed by atoms with E-state index in [1.54, 1.807) is 66.7 Å². The molecule has 0 atom stereocenters. The number of carbonyl (C=O) groups excluding carboxylic acids is 6. The van der Waals surface area contributed by atoms with Crippen LogP contribution in [0.5, 0.6) is 34.5 Å². The summed E-state index contributed by atoms with van der Waals surface area (Å²) in [4.78, 5) is 76.6. The van der Waals surface area contributed by atoms with Gasteiger partial charge in [0, 0.05) is 34.4 Å². The van der Waals surface area contributed by atoms with Crippen molar-refractivity contribution in [3.63, 3.8) is 0 Å². The molecule has 3 amide bonds. The first-order valence-corrected chi connectivity index (χ1v) is 20.0. The van der Waals surface area contributed by atoms with Crippen molar-refractivity contribution < 1.29 is 47.7 Å². The quantitative estimate of drug-likeness (QED) is 0.0484. The van der Waals surface area contributed by atoms with E-state index in [1.807, 2.05) is 48.5 Å². The summed E-state index contributed by atoms with van der Waals surface area (Å²) in [5.74, 6) is 0.504. The fourth-order valence-corrected chi connectivity index (χ4v) is 7.19. The molecule has 64 heavy (non-hydrogen) atoms. The maximum atomic E-state index is 13.4. The van der Waals surface area contributed by atoms with Crippen LogP contribution < -0.4 is 29.2 Å². The van der Waals surface area contributed by atoms with E-state index in [0.29, 0.717) is 63.8 Å². The largest absolute Gasteiger partial charge is 0.497 e. The topological polar surface area (TPSA) is 155 Å². The summed E-state index contributed by atoms with van der Waals surface area (Å²) in [5.41, 5.74) is 3.79. The summed E-state index contributed by atoms with van der Waals surface area (Å²) in [6.45, 7) is 4.19. The van der Waals surface area contributed by atoms with E-state index in [-0.39, 0.29) is 28.0 Å². The monoisotopic (exact) mass is 850 g/mol. The summed E-state index contributed by atoms with van der Waals surface area (Å²) >= 11 is 0. The first-order valence-electron chi connectivity index (χ1n) is 20.0. The van der Waals surface area contributed by atoms with Gasteiger partial charge in [-0.2, -0.15) is 0 Å². The first kappa shape index (κ1) is 42.1. The Labute approximate surface area is 367 Å². The Morgan fingerprint density at radius 2 is 1.17 bits per heavy atom. The molecule has 0 aliphatic carbocycles. The summed E-state index contributed by atoms with van der Waals surface area (Å²) in [5, 5.41) is 2.74. The number of amides is 3. The molecule has 0 bridgehead atoms. The highest BCUT2D eigenvalue weighted by Crippen LogP contribution is 2.37. The number of ether oxygens (including phenoxy) is 4. The third kappa shape index (κ3) is 8.74. The molecule has 0 saturated heterocycles. The number of hydrogen-bond donors (Lipinski definition) is 1. The molecule has 7 aromatic carbocycles. The van der Waals surface area contributed by atoms with E-state index in [9.17, 15) is 28.8 Å². The van der Waals surface area contributed by atoms with Crippen LogP contribution in [0, 0.1) is 0 Å². The normalized spacial score (nSPS) is 12.0. The number of fused-ring (bicyclic) bond motifs is 1.